The van der Waals surface area contributed by atoms with E-state index < -0.39 is 5.97 Å². The van der Waals surface area contributed by atoms with Crippen molar-refractivity contribution in [3.63, 3.8) is 0 Å². The molecule has 0 saturated heterocycles. The number of rotatable bonds is 7. The highest BCUT2D eigenvalue weighted by molar-refractivity contribution is 7.99. The lowest BCUT2D eigenvalue weighted by atomic mass is 9.83. The molecule has 3 rings (SSSR count). The number of aliphatic carboxylic acids is 1. The highest BCUT2D eigenvalue weighted by Gasteiger charge is 2.37. The minimum Gasteiger partial charge on any atom is -0.481 e. The molecule has 0 radical (unpaired) electrons. The van der Waals surface area contributed by atoms with Crippen LogP contribution in [-0.2, 0) is 11.3 Å². The Bertz CT molecular complexity index is 519. The fraction of sp³-hybridized carbons (Fsp3) is 0.800. The van der Waals surface area contributed by atoms with Gasteiger partial charge in [0.15, 0.2) is 5.16 Å². The Balaban J connectivity index is 1.83. The first-order valence-electron chi connectivity index (χ1n) is 7.91. The van der Waals surface area contributed by atoms with Crippen molar-refractivity contribution in [3.8, 4) is 0 Å². The van der Waals surface area contributed by atoms with Gasteiger partial charge in [-0.05, 0) is 37.5 Å². The third kappa shape index (κ3) is 3.25. The summed E-state index contributed by atoms with van der Waals surface area (Å²) in [5.74, 6) is 0.894. The molecule has 1 N–H and O–H groups in total. The molecule has 2 fully saturated rings. The van der Waals surface area contributed by atoms with E-state index in [1.54, 1.807) is 0 Å². The highest BCUT2D eigenvalue weighted by Crippen LogP contribution is 2.45. The number of carboxylic acid groups (broad SMARTS) is 1. The molecule has 1 aromatic rings. The summed E-state index contributed by atoms with van der Waals surface area (Å²) in [7, 11) is 0. The summed E-state index contributed by atoms with van der Waals surface area (Å²) < 4.78 is 2.24. The van der Waals surface area contributed by atoms with Crippen molar-refractivity contribution in [1.29, 1.82) is 0 Å². The van der Waals surface area contributed by atoms with E-state index >= 15 is 0 Å². The molecule has 0 amide bonds. The summed E-state index contributed by atoms with van der Waals surface area (Å²) >= 11 is 1.30. The summed E-state index contributed by atoms with van der Waals surface area (Å²) in [6, 6.07) is 0. The fourth-order valence-corrected chi connectivity index (χ4v) is 4.07. The molecule has 1 heterocycles. The van der Waals surface area contributed by atoms with Crippen LogP contribution in [0, 0.1) is 5.41 Å². The minimum absolute atomic E-state index is 0.0575. The summed E-state index contributed by atoms with van der Waals surface area (Å²) in [6.07, 6.45) is 8.74. The van der Waals surface area contributed by atoms with E-state index in [0.717, 1.165) is 17.5 Å². The summed E-state index contributed by atoms with van der Waals surface area (Å²) in [5.41, 5.74) is 0.366. The summed E-state index contributed by atoms with van der Waals surface area (Å²) in [5, 5.41) is 18.3. The number of carbonyl (C=O) groups is 1. The van der Waals surface area contributed by atoms with Crippen LogP contribution in [-0.4, -0.2) is 31.6 Å². The van der Waals surface area contributed by atoms with Gasteiger partial charge in [-0.2, -0.15) is 0 Å². The Morgan fingerprint density at radius 2 is 2.10 bits per heavy atom. The van der Waals surface area contributed by atoms with Crippen LogP contribution in [0.4, 0.5) is 0 Å². The van der Waals surface area contributed by atoms with Crippen molar-refractivity contribution in [1.82, 2.24) is 14.8 Å². The van der Waals surface area contributed by atoms with Gasteiger partial charge in [0.1, 0.15) is 5.82 Å². The zero-order chi connectivity index (χ0) is 14.9. The number of nitrogens with zero attached hydrogens (tertiary/aromatic N) is 3. The molecule has 0 aromatic carbocycles. The van der Waals surface area contributed by atoms with E-state index in [-0.39, 0.29) is 5.75 Å². The van der Waals surface area contributed by atoms with Gasteiger partial charge in [-0.3, -0.25) is 4.79 Å². The van der Waals surface area contributed by atoms with Gasteiger partial charge in [-0.1, -0.05) is 31.5 Å². The largest absolute Gasteiger partial charge is 0.481 e. The van der Waals surface area contributed by atoms with Crippen LogP contribution in [0.2, 0.25) is 0 Å². The number of carboxylic acids is 1. The van der Waals surface area contributed by atoms with Crippen LogP contribution >= 0.6 is 11.8 Å². The first kappa shape index (κ1) is 14.9. The fourth-order valence-electron chi connectivity index (χ4n) is 3.41. The molecule has 116 valence electrons. The van der Waals surface area contributed by atoms with Crippen LogP contribution in [0.3, 0.4) is 0 Å². The zero-order valence-corrected chi connectivity index (χ0v) is 13.4. The van der Waals surface area contributed by atoms with Gasteiger partial charge < -0.3 is 9.67 Å². The van der Waals surface area contributed by atoms with Crippen LogP contribution in [0.5, 0.6) is 0 Å². The van der Waals surface area contributed by atoms with Crippen LogP contribution in [0.1, 0.15) is 63.6 Å². The van der Waals surface area contributed by atoms with E-state index in [1.807, 2.05) is 0 Å². The van der Waals surface area contributed by atoms with Gasteiger partial charge in [0.25, 0.3) is 0 Å². The molecule has 2 aliphatic rings. The molecule has 0 atom stereocenters. The van der Waals surface area contributed by atoms with Gasteiger partial charge in [0.05, 0.1) is 5.75 Å². The van der Waals surface area contributed by atoms with Crippen LogP contribution in [0.15, 0.2) is 5.16 Å². The average Bonchev–Trinajstić information content (AvgIpc) is 3.07. The monoisotopic (exact) mass is 309 g/mol. The van der Waals surface area contributed by atoms with E-state index in [2.05, 4.69) is 21.7 Å². The maximum absolute atomic E-state index is 10.8. The lowest BCUT2D eigenvalue weighted by Gasteiger charge is -2.29. The smallest absolute Gasteiger partial charge is 0.313 e. The minimum atomic E-state index is -0.798. The van der Waals surface area contributed by atoms with Gasteiger partial charge in [-0.25, -0.2) is 0 Å². The summed E-state index contributed by atoms with van der Waals surface area (Å²) in [6.45, 7) is 3.24. The van der Waals surface area contributed by atoms with Gasteiger partial charge in [0, 0.05) is 12.5 Å². The molecular formula is C15H23N3O2S. The van der Waals surface area contributed by atoms with Crippen molar-refractivity contribution < 1.29 is 9.90 Å². The topological polar surface area (TPSA) is 68.0 Å². The second-order valence-corrected chi connectivity index (χ2v) is 7.39. The molecule has 21 heavy (non-hydrogen) atoms. The number of hydrogen-bond acceptors (Lipinski definition) is 4. The van der Waals surface area contributed by atoms with E-state index in [4.69, 9.17) is 5.11 Å². The molecule has 0 aliphatic heterocycles. The molecular weight excluding hydrogens is 286 g/mol. The predicted octanol–water partition coefficient (Wildman–Crippen LogP) is 3.30. The van der Waals surface area contributed by atoms with Gasteiger partial charge in [0.2, 0.25) is 0 Å². The Morgan fingerprint density at radius 3 is 2.67 bits per heavy atom. The van der Waals surface area contributed by atoms with Gasteiger partial charge >= 0.3 is 5.97 Å². The van der Waals surface area contributed by atoms with Crippen molar-refractivity contribution in [2.45, 2.75) is 69.5 Å². The first-order chi connectivity index (χ1) is 10.1. The Kier molecular flexibility index (Phi) is 4.24. The molecule has 5 nitrogen and oxygen atoms in total. The lowest BCUT2D eigenvalue weighted by Crippen LogP contribution is -2.24. The number of hydrogen-bond donors (Lipinski definition) is 1. The molecule has 2 saturated carbocycles. The number of aromatic nitrogens is 3. The molecule has 1 aromatic heterocycles. The van der Waals surface area contributed by atoms with Crippen molar-refractivity contribution in [2.75, 3.05) is 5.75 Å². The first-order valence-corrected chi connectivity index (χ1v) is 8.90. The van der Waals surface area contributed by atoms with Crippen molar-refractivity contribution in [2.24, 2.45) is 5.41 Å². The average molecular weight is 309 g/mol. The van der Waals surface area contributed by atoms with Gasteiger partial charge in [-0.15, -0.1) is 10.2 Å². The standard InChI is InChI=1S/C15H23N3O2S/c1-2-15(7-3-4-8-15)10-18-13(11-5-6-11)16-17-14(18)21-9-12(19)20/h11H,2-10H2,1H3,(H,19,20). The molecule has 0 bridgehead atoms. The van der Waals surface area contributed by atoms with Crippen LogP contribution in [0.25, 0.3) is 0 Å². The maximum atomic E-state index is 10.8. The summed E-state index contributed by atoms with van der Waals surface area (Å²) in [4.78, 5) is 10.8. The second kappa shape index (κ2) is 5.99. The number of thioether (sulfide) groups is 1. The molecule has 0 unspecified atom stereocenters. The Morgan fingerprint density at radius 1 is 1.38 bits per heavy atom. The van der Waals surface area contributed by atoms with E-state index in [0.29, 0.717) is 11.3 Å². The SMILES string of the molecule is CCC1(Cn2c(SCC(=O)O)nnc2C2CC2)CCCC1. The lowest BCUT2D eigenvalue weighted by molar-refractivity contribution is -0.133. The molecule has 0 spiro atoms. The normalized spacial score (nSPS) is 20.8. The van der Waals surface area contributed by atoms with Crippen molar-refractivity contribution in [3.05, 3.63) is 5.82 Å². The highest BCUT2D eigenvalue weighted by atomic mass is 32.2. The van der Waals surface area contributed by atoms with Crippen LogP contribution < -0.4 is 0 Å². The Hall–Kier alpha value is -1.04. The Labute approximate surface area is 129 Å². The molecule has 2 aliphatic carbocycles. The quantitative estimate of drug-likeness (QED) is 0.783. The zero-order valence-electron chi connectivity index (χ0n) is 12.5. The van der Waals surface area contributed by atoms with E-state index in [9.17, 15) is 4.79 Å². The van der Waals surface area contributed by atoms with Crippen molar-refractivity contribution >= 4 is 17.7 Å². The maximum Gasteiger partial charge on any atom is 0.313 e. The third-order valence-electron chi connectivity index (χ3n) is 4.92. The predicted molar refractivity (Wildman–Crippen MR) is 81.5 cm³/mol. The molecule has 6 heteroatoms. The second-order valence-electron chi connectivity index (χ2n) is 6.44. The third-order valence-corrected chi connectivity index (χ3v) is 5.87. The van der Waals surface area contributed by atoms with E-state index in [1.165, 1.54) is 56.7 Å².